The van der Waals surface area contributed by atoms with E-state index in [1.165, 1.54) is 18.2 Å². The number of esters is 1. The summed E-state index contributed by atoms with van der Waals surface area (Å²) >= 11 is 6.55. The third kappa shape index (κ3) is 5.11. The molecular weight excluding hydrogens is 512 g/mol. The van der Waals surface area contributed by atoms with Gasteiger partial charge in [-0.3, -0.25) is 14.9 Å². The van der Waals surface area contributed by atoms with Gasteiger partial charge in [0, 0.05) is 46.5 Å². The van der Waals surface area contributed by atoms with Crippen LogP contribution in [0.5, 0.6) is 11.5 Å². The van der Waals surface area contributed by atoms with Crippen molar-refractivity contribution in [2.45, 2.75) is 51.6 Å². The maximum absolute atomic E-state index is 13.8. The summed E-state index contributed by atoms with van der Waals surface area (Å²) in [6.45, 7) is 5.18. The highest BCUT2D eigenvalue weighted by Gasteiger charge is 2.42. The van der Waals surface area contributed by atoms with Gasteiger partial charge in [0.15, 0.2) is 17.3 Å². The lowest BCUT2D eigenvalue weighted by molar-refractivity contribution is -0.384. The van der Waals surface area contributed by atoms with E-state index < -0.39 is 22.9 Å². The first kappa shape index (κ1) is 27.2. The number of hydrogen-bond donors (Lipinski definition) is 1. The third-order valence-electron chi connectivity index (χ3n) is 6.77. The van der Waals surface area contributed by atoms with Gasteiger partial charge >= 0.3 is 5.97 Å². The van der Waals surface area contributed by atoms with E-state index >= 15 is 0 Å². The van der Waals surface area contributed by atoms with Gasteiger partial charge < -0.3 is 19.5 Å². The number of halogens is 1. The highest BCUT2D eigenvalue weighted by atomic mass is 35.5. The van der Waals surface area contributed by atoms with E-state index in [0.717, 1.165) is 5.56 Å². The number of rotatable bonds is 7. The lowest BCUT2D eigenvalue weighted by Crippen LogP contribution is -2.36. The van der Waals surface area contributed by atoms with Gasteiger partial charge in [0.1, 0.15) is 0 Å². The van der Waals surface area contributed by atoms with E-state index in [1.54, 1.807) is 41.1 Å². The summed E-state index contributed by atoms with van der Waals surface area (Å²) in [6, 6.07) is 9.59. The second-order valence-corrected chi connectivity index (χ2v) is 9.96. The molecule has 2 atom stereocenters. The quantitative estimate of drug-likeness (QED) is 0.275. The van der Waals surface area contributed by atoms with Gasteiger partial charge in [0.2, 0.25) is 0 Å². The van der Waals surface area contributed by atoms with Crippen molar-refractivity contribution in [2.75, 3.05) is 14.2 Å². The maximum atomic E-state index is 13.8. The van der Waals surface area contributed by atoms with Crippen molar-refractivity contribution in [3.63, 3.8) is 0 Å². The van der Waals surface area contributed by atoms with Gasteiger partial charge in [0.25, 0.3) is 5.69 Å². The molecule has 0 saturated heterocycles. The summed E-state index contributed by atoms with van der Waals surface area (Å²) in [7, 11) is 3.11. The largest absolute Gasteiger partial charge is 0.493 e. The Morgan fingerprint density at radius 1 is 1.11 bits per heavy atom. The van der Waals surface area contributed by atoms with Crippen LogP contribution in [0.15, 0.2) is 58.9 Å². The number of nitro benzene ring substituents is 1. The van der Waals surface area contributed by atoms with E-state index in [9.17, 15) is 19.7 Å². The Kier molecular flexibility index (Phi) is 7.78. The molecule has 0 amide bonds. The summed E-state index contributed by atoms with van der Waals surface area (Å²) < 4.78 is 16.3. The molecule has 200 valence electrons. The molecule has 2 unspecified atom stereocenters. The van der Waals surface area contributed by atoms with Crippen LogP contribution in [0.2, 0.25) is 5.02 Å². The van der Waals surface area contributed by atoms with Gasteiger partial charge in [-0.05, 0) is 62.4 Å². The molecule has 0 fully saturated rings. The molecule has 1 N–H and O–H groups in total. The van der Waals surface area contributed by atoms with Crippen molar-refractivity contribution in [3.05, 3.63) is 85.2 Å². The topological polar surface area (TPSA) is 117 Å². The number of carbonyl (C=O) groups excluding carboxylic acids is 2. The molecule has 4 rings (SSSR count). The van der Waals surface area contributed by atoms with Crippen molar-refractivity contribution < 1.29 is 28.7 Å². The zero-order valence-electron chi connectivity index (χ0n) is 21.8. The fourth-order valence-corrected chi connectivity index (χ4v) is 5.33. The smallest absolute Gasteiger partial charge is 0.337 e. The van der Waals surface area contributed by atoms with E-state index in [4.69, 9.17) is 25.8 Å². The number of nitro groups is 1. The summed E-state index contributed by atoms with van der Waals surface area (Å²) in [4.78, 5) is 38.1. The van der Waals surface area contributed by atoms with E-state index in [-0.39, 0.29) is 34.4 Å². The number of nitrogens with one attached hydrogen (secondary N) is 1. The molecule has 2 aromatic carbocycles. The van der Waals surface area contributed by atoms with Crippen molar-refractivity contribution in [2.24, 2.45) is 0 Å². The molecule has 0 spiro atoms. The molecule has 1 heterocycles. The zero-order chi connectivity index (χ0) is 27.7. The standard InChI is InChI=1S/C28H29ClN2O7/c1-14(2)38-28(33)25-15(3)30-21-10-17(16-6-9-23(36-4)24(12-16)37-5)11-22(32)27(21)26(25)19-13-18(31(34)35)7-8-20(19)29/h6-9,12-14,17,26,30H,10-11H2,1-5H3. The lowest BCUT2D eigenvalue weighted by atomic mass is 9.71. The molecule has 2 aromatic rings. The molecule has 10 heteroatoms. The fraction of sp³-hybridized carbons (Fsp3) is 0.357. The molecule has 0 aromatic heterocycles. The van der Waals surface area contributed by atoms with Gasteiger partial charge in [-0.2, -0.15) is 0 Å². The van der Waals surface area contributed by atoms with Crippen LogP contribution in [0.3, 0.4) is 0 Å². The van der Waals surface area contributed by atoms with Crippen LogP contribution >= 0.6 is 11.6 Å². The van der Waals surface area contributed by atoms with Gasteiger partial charge in [-0.15, -0.1) is 0 Å². The molecular formula is C28H29ClN2O7. The van der Waals surface area contributed by atoms with Crippen molar-refractivity contribution >= 4 is 29.0 Å². The molecule has 0 saturated carbocycles. The summed E-state index contributed by atoms with van der Waals surface area (Å²) in [5, 5.41) is 15.0. The first-order chi connectivity index (χ1) is 18.0. The van der Waals surface area contributed by atoms with Crippen molar-refractivity contribution in [3.8, 4) is 11.5 Å². The second kappa shape index (κ2) is 10.9. The Morgan fingerprint density at radius 3 is 2.45 bits per heavy atom. The minimum absolute atomic E-state index is 0.160. The first-order valence-corrected chi connectivity index (χ1v) is 12.5. The predicted molar refractivity (Wildman–Crippen MR) is 141 cm³/mol. The van der Waals surface area contributed by atoms with E-state index in [2.05, 4.69) is 5.32 Å². The Morgan fingerprint density at radius 2 is 1.82 bits per heavy atom. The fourth-order valence-electron chi connectivity index (χ4n) is 5.11. The number of allylic oxidation sites excluding steroid dienone is 3. The minimum Gasteiger partial charge on any atom is -0.493 e. The molecule has 1 aliphatic carbocycles. The van der Waals surface area contributed by atoms with Crippen LogP contribution in [-0.4, -0.2) is 37.0 Å². The SMILES string of the molecule is COc1ccc(C2CC(=O)C3=C(C2)NC(C)=C(C(=O)OC(C)C)C3c2cc([N+](=O)[O-])ccc2Cl)cc1OC. The second-order valence-electron chi connectivity index (χ2n) is 9.55. The number of nitrogens with zero attached hydrogens (tertiary/aromatic N) is 1. The van der Waals surface area contributed by atoms with Crippen LogP contribution < -0.4 is 14.8 Å². The molecule has 9 nitrogen and oxygen atoms in total. The number of carbonyl (C=O) groups is 2. The lowest BCUT2D eigenvalue weighted by Gasteiger charge is -2.37. The van der Waals surface area contributed by atoms with Gasteiger partial charge in [-0.25, -0.2) is 4.79 Å². The van der Waals surface area contributed by atoms with Crippen LogP contribution in [-0.2, 0) is 14.3 Å². The van der Waals surface area contributed by atoms with Crippen molar-refractivity contribution in [1.29, 1.82) is 0 Å². The summed E-state index contributed by atoms with van der Waals surface area (Å²) in [5.41, 5.74) is 2.74. The number of non-ortho nitro benzene ring substituents is 1. The highest BCUT2D eigenvalue weighted by Crippen LogP contribution is 2.48. The van der Waals surface area contributed by atoms with Crippen molar-refractivity contribution in [1.82, 2.24) is 5.32 Å². The number of dihydropyridines is 1. The van der Waals surface area contributed by atoms with E-state index in [1.807, 2.05) is 12.1 Å². The zero-order valence-corrected chi connectivity index (χ0v) is 22.5. The number of benzene rings is 2. The molecule has 38 heavy (non-hydrogen) atoms. The molecule has 1 aliphatic heterocycles. The number of methoxy groups -OCH3 is 2. The molecule has 0 bridgehead atoms. The Hall–Kier alpha value is -3.85. The first-order valence-electron chi connectivity index (χ1n) is 12.2. The number of Topliss-reactive ketones (excluding diaryl/α,β-unsaturated/α-hetero) is 1. The maximum Gasteiger partial charge on any atom is 0.337 e. The Bertz CT molecular complexity index is 1380. The molecule has 2 aliphatic rings. The van der Waals surface area contributed by atoms with Gasteiger partial charge in [-0.1, -0.05) is 17.7 Å². The number of ketones is 1. The van der Waals surface area contributed by atoms with Gasteiger partial charge in [0.05, 0.1) is 30.8 Å². The number of ether oxygens (including phenoxy) is 3. The van der Waals surface area contributed by atoms with Crippen LogP contribution in [0.1, 0.15) is 56.6 Å². The molecule has 0 radical (unpaired) electrons. The van der Waals surface area contributed by atoms with Crippen LogP contribution in [0.4, 0.5) is 5.69 Å². The van der Waals surface area contributed by atoms with Crippen LogP contribution in [0.25, 0.3) is 0 Å². The minimum atomic E-state index is -0.913. The number of hydrogen-bond acceptors (Lipinski definition) is 8. The van der Waals surface area contributed by atoms with E-state index in [0.29, 0.717) is 40.5 Å². The summed E-state index contributed by atoms with van der Waals surface area (Å²) in [5.74, 6) is -0.727. The predicted octanol–water partition coefficient (Wildman–Crippen LogP) is 5.58. The average molecular weight is 541 g/mol. The Balaban J connectivity index is 1.84. The Labute approximate surface area is 225 Å². The summed E-state index contributed by atoms with van der Waals surface area (Å²) in [6.07, 6.45) is 0.240. The average Bonchev–Trinajstić information content (AvgIpc) is 2.86. The monoisotopic (exact) mass is 540 g/mol. The third-order valence-corrected chi connectivity index (χ3v) is 7.11. The van der Waals surface area contributed by atoms with Crippen LogP contribution in [0, 0.1) is 10.1 Å². The highest BCUT2D eigenvalue weighted by molar-refractivity contribution is 6.31. The normalized spacial score (nSPS) is 19.2.